The van der Waals surface area contributed by atoms with Crippen LogP contribution in [0.25, 0.3) is 186 Å². The number of aromatic nitrogens is 2. The van der Waals surface area contributed by atoms with Gasteiger partial charge in [0.05, 0.1) is 33.4 Å². The number of rotatable bonds is 10. The molecule has 115 heavy (non-hydrogen) atoms. The van der Waals surface area contributed by atoms with E-state index in [4.69, 9.17) is 0 Å². The topological polar surface area (TPSA) is 16.3 Å². The summed E-state index contributed by atoms with van der Waals surface area (Å²) in [7, 11) is 0. The number of nitrogens with zero attached hydrogens (tertiary/aromatic N) is 4. The van der Waals surface area contributed by atoms with E-state index in [1.807, 2.05) is 0 Å². The van der Waals surface area contributed by atoms with Crippen LogP contribution in [-0.2, 0) is 5.41 Å². The fourth-order valence-corrected chi connectivity index (χ4v) is 20.8. The fourth-order valence-electron chi connectivity index (χ4n) is 20.8. The first-order chi connectivity index (χ1) is 56.7. The Morgan fingerprint density at radius 3 is 0.878 bits per heavy atom. The van der Waals surface area contributed by atoms with Gasteiger partial charge in [0.15, 0.2) is 0 Å². The molecule has 0 unspecified atom stereocenters. The molecule has 5 heteroatoms. The molecule has 0 bridgehead atoms. The fraction of sp³-hybridized carbons (Fsp3) is 0.0364. The van der Waals surface area contributed by atoms with Gasteiger partial charge in [0.25, 0.3) is 6.71 Å². The summed E-state index contributed by atoms with van der Waals surface area (Å²) < 4.78 is 5.19. The molecule has 0 fully saturated rings. The van der Waals surface area contributed by atoms with Crippen molar-refractivity contribution >= 4 is 165 Å². The average molecular weight is 1460 g/mol. The van der Waals surface area contributed by atoms with Crippen molar-refractivity contribution in [1.29, 1.82) is 0 Å². The van der Waals surface area contributed by atoms with Crippen molar-refractivity contribution in [3.8, 4) is 78.1 Å². The van der Waals surface area contributed by atoms with Crippen molar-refractivity contribution < 1.29 is 0 Å². The molecule has 23 aromatic rings. The van der Waals surface area contributed by atoms with E-state index in [2.05, 4.69) is 416 Å². The predicted molar refractivity (Wildman–Crippen MR) is 490 cm³/mol. The molecule has 0 atom stereocenters. The third-order valence-electron chi connectivity index (χ3n) is 25.8. The zero-order chi connectivity index (χ0) is 75.6. The number of hydrogen-bond donors (Lipinski definition) is 0. The molecule has 2 aliphatic heterocycles. The van der Waals surface area contributed by atoms with Crippen LogP contribution in [0.15, 0.2) is 376 Å². The van der Waals surface area contributed by atoms with E-state index >= 15 is 0 Å². The Balaban J connectivity index is 0.839. The summed E-state index contributed by atoms with van der Waals surface area (Å²) in [6, 6.07) is 144. The lowest BCUT2D eigenvalue weighted by Crippen LogP contribution is -2.61. The summed E-state index contributed by atoms with van der Waals surface area (Å²) in [6.07, 6.45) is 0. The van der Waals surface area contributed by atoms with Gasteiger partial charge in [-0.2, -0.15) is 0 Å². The highest BCUT2D eigenvalue weighted by Gasteiger charge is 2.47. The Bertz CT molecular complexity index is 7580. The third kappa shape index (κ3) is 9.15. The lowest BCUT2D eigenvalue weighted by Gasteiger charge is -2.46. The van der Waals surface area contributed by atoms with Crippen molar-refractivity contribution in [1.82, 2.24) is 9.13 Å². The van der Waals surface area contributed by atoms with Gasteiger partial charge in [-0.3, -0.25) is 0 Å². The standard InChI is InChI=1S/C110H71BN4/c1-110(2,3)78-62-97-107-98(63-78)115(109-83(76-38-16-36-74(60-76)66-24-8-4-9-25-66)42-23-43-84(109)77-39-17-37-75(61-77)67-26-10-5-11-27-67)96-65-80(113-93-58-50-72-34-20-46-87-88-47-21-35-73-51-59-94(113)106(102(73)88)105(93)101(72)87)53-55-90(96)111(107)89-54-52-79(64-95(89)114(97)108-81(68-28-12-6-13-29-68)40-22-41-82(108)69-30-14-7-15-31-69)112-91-56-48-70-32-18-44-85-86-45-19-33-71-49-57-92(112)104(100(71)86)103(91)99(70)85/h4-65H,1-3H3. The van der Waals surface area contributed by atoms with Crippen molar-refractivity contribution in [2.24, 2.45) is 0 Å². The molecule has 0 saturated heterocycles. The lowest BCUT2D eigenvalue weighted by atomic mass is 9.33. The Morgan fingerprint density at radius 2 is 0.530 bits per heavy atom. The second-order valence-electron chi connectivity index (χ2n) is 32.9. The smallest absolute Gasteiger partial charge is 0.252 e. The first-order valence-corrected chi connectivity index (χ1v) is 40.3. The molecule has 0 amide bonds. The molecule has 534 valence electrons. The monoisotopic (exact) mass is 1460 g/mol. The molecule has 2 aromatic heterocycles. The highest BCUT2D eigenvalue weighted by Crippen LogP contribution is 2.57. The Labute approximate surface area is 665 Å². The van der Waals surface area contributed by atoms with Crippen molar-refractivity contribution in [3.63, 3.8) is 0 Å². The quantitative estimate of drug-likeness (QED) is 0.0771. The Morgan fingerprint density at radius 1 is 0.226 bits per heavy atom. The SMILES string of the molecule is CC(C)(C)c1cc2c3c(c1)N(c1c(-c4cccc(-c5ccccc5)c4)cccc1-c1cccc(-c4ccccc4)c1)c1cc(-n4c5ccc6cccc7c8cccc9ccc4c(c98)c5c67)ccc1B3c1ccc(-n3c4ccc5cccc6c7cccc8ccc3c(c87)c4c56)cc1N2c1c(-c2ccccc2)cccc1-c1ccccc1. The molecule has 25 rings (SSSR count). The first-order valence-electron chi connectivity index (χ1n) is 40.3. The number of para-hydroxylation sites is 2. The van der Waals surface area contributed by atoms with Gasteiger partial charge in [-0.25, -0.2) is 0 Å². The van der Waals surface area contributed by atoms with Crippen LogP contribution in [0, 0.1) is 0 Å². The molecular formula is C110H71BN4. The van der Waals surface area contributed by atoms with Crippen LogP contribution >= 0.6 is 0 Å². The summed E-state index contributed by atoms with van der Waals surface area (Å²) >= 11 is 0. The average Bonchev–Trinajstić information content (AvgIpc) is 1.50. The summed E-state index contributed by atoms with van der Waals surface area (Å²) in [6.45, 7) is 6.95. The van der Waals surface area contributed by atoms with Crippen LogP contribution in [-0.4, -0.2) is 15.8 Å². The molecule has 4 nitrogen and oxygen atoms in total. The highest BCUT2D eigenvalue weighted by atomic mass is 15.2. The van der Waals surface area contributed by atoms with E-state index < -0.39 is 0 Å². The van der Waals surface area contributed by atoms with Crippen LogP contribution in [0.4, 0.5) is 34.1 Å². The van der Waals surface area contributed by atoms with Gasteiger partial charge >= 0.3 is 0 Å². The van der Waals surface area contributed by atoms with E-state index in [1.165, 1.54) is 141 Å². The summed E-state index contributed by atoms with van der Waals surface area (Å²) in [5, 5.41) is 20.7. The number of anilines is 6. The molecule has 21 aromatic carbocycles. The minimum absolute atomic E-state index is 0.279. The van der Waals surface area contributed by atoms with E-state index in [0.29, 0.717) is 0 Å². The number of fused-ring (bicyclic) bond motifs is 6. The minimum atomic E-state index is -0.364. The van der Waals surface area contributed by atoms with Gasteiger partial charge in [0.2, 0.25) is 0 Å². The number of benzene rings is 21. The van der Waals surface area contributed by atoms with Gasteiger partial charge < -0.3 is 18.9 Å². The maximum Gasteiger partial charge on any atom is 0.252 e. The van der Waals surface area contributed by atoms with Gasteiger partial charge in [-0.1, -0.05) is 324 Å². The normalized spacial score (nSPS) is 12.9. The predicted octanol–water partition coefficient (Wildman–Crippen LogP) is 27.9. The van der Waals surface area contributed by atoms with Crippen LogP contribution in [0.1, 0.15) is 26.3 Å². The van der Waals surface area contributed by atoms with E-state index in [-0.39, 0.29) is 12.1 Å². The van der Waals surface area contributed by atoms with Gasteiger partial charge in [0, 0.05) is 77.9 Å². The molecule has 0 spiro atoms. The lowest BCUT2D eigenvalue weighted by molar-refractivity contribution is 0.590. The zero-order valence-electron chi connectivity index (χ0n) is 63.7. The van der Waals surface area contributed by atoms with Crippen LogP contribution in [0.3, 0.4) is 0 Å². The molecular weight excluding hydrogens is 1390 g/mol. The van der Waals surface area contributed by atoms with Crippen LogP contribution in [0.2, 0.25) is 0 Å². The van der Waals surface area contributed by atoms with Gasteiger partial charge in [0.1, 0.15) is 0 Å². The van der Waals surface area contributed by atoms with E-state index in [1.54, 1.807) is 0 Å². The first kappa shape index (κ1) is 64.2. The largest absolute Gasteiger partial charge is 0.310 e. The minimum Gasteiger partial charge on any atom is -0.310 e. The summed E-state index contributed by atoms with van der Waals surface area (Å²) in [5.41, 5.74) is 32.0. The number of hydrogen-bond acceptors (Lipinski definition) is 2. The van der Waals surface area contributed by atoms with E-state index in [9.17, 15) is 0 Å². The molecule has 2 aliphatic rings. The van der Waals surface area contributed by atoms with Crippen molar-refractivity contribution in [2.45, 2.75) is 26.2 Å². The maximum absolute atomic E-state index is 2.75. The third-order valence-corrected chi connectivity index (χ3v) is 25.8. The van der Waals surface area contributed by atoms with Crippen molar-refractivity contribution in [2.75, 3.05) is 9.80 Å². The molecule has 4 heterocycles. The van der Waals surface area contributed by atoms with Gasteiger partial charge in [-0.05, 0) is 209 Å². The summed E-state index contributed by atoms with van der Waals surface area (Å²) in [4.78, 5) is 5.48. The second-order valence-corrected chi connectivity index (χ2v) is 32.9. The molecule has 0 aliphatic carbocycles. The second kappa shape index (κ2) is 24.0. The maximum atomic E-state index is 2.75. The Kier molecular flexibility index (Phi) is 13.4. The summed E-state index contributed by atoms with van der Waals surface area (Å²) in [5.74, 6) is 0. The van der Waals surface area contributed by atoms with Crippen LogP contribution < -0.4 is 26.2 Å². The van der Waals surface area contributed by atoms with E-state index in [0.717, 1.165) is 101 Å². The molecule has 0 radical (unpaired) electrons. The van der Waals surface area contributed by atoms with Gasteiger partial charge in [-0.15, -0.1) is 0 Å². The van der Waals surface area contributed by atoms with Crippen LogP contribution in [0.5, 0.6) is 0 Å². The molecule has 0 saturated carbocycles. The molecule has 0 N–H and O–H groups in total. The highest BCUT2D eigenvalue weighted by molar-refractivity contribution is 7.00. The van der Waals surface area contributed by atoms with Crippen molar-refractivity contribution in [3.05, 3.63) is 382 Å². The zero-order valence-corrected chi connectivity index (χ0v) is 63.7. The Hall–Kier alpha value is -14.5.